The number of piperidine rings is 2. The normalized spacial score (nSPS) is 21.3. The van der Waals surface area contributed by atoms with Gasteiger partial charge in [-0.25, -0.2) is 0 Å². The van der Waals surface area contributed by atoms with Crippen LogP contribution < -0.4 is 4.90 Å². The number of rotatable bonds is 7. The Morgan fingerprint density at radius 2 is 2.03 bits per heavy atom. The molecule has 2 fully saturated rings. The lowest BCUT2D eigenvalue weighted by atomic mass is 9.93. The number of methoxy groups -OCH3 is 1. The summed E-state index contributed by atoms with van der Waals surface area (Å²) < 4.78 is 11.1. The zero-order valence-electron chi connectivity index (χ0n) is 18.3. The van der Waals surface area contributed by atoms with Crippen molar-refractivity contribution in [3.8, 4) is 0 Å². The monoisotopic (exact) mass is 414 g/mol. The third kappa shape index (κ3) is 4.78. The highest BCUT2D eigenvalue weighted by molar-refractivity contribution is 5.79. The van der Waals surface area contributed by atoms with Crippen LogP contribution in [0.1, 0.15) is 32.1 Å². The summed E-state index contributed by atoms with van der Waals surface area (Å²) in [6.45, 7) is 5.36. The fourth-order valence-electron chi connectivity index (χ4n) is 4.83. The smallest absolute Gasteiger partial charge is 0.298 e. The first-order valence-electron chi connectivity index (χ1n) is 11.2. The summed E-state index contributed by atoms with van der Waals surface area (Å²) in [5.74, 6) is 0.418. The Bertz CT molecular complexity index is 798. The first-order valence-corrected chi connectivity index (χ1v) is 11.2. The fraction of sp³-hybridized carbons (Fsp3) is 0.652. The van der Waals surface area contributed by atoms with Gasteiger partial charge in [0.15, 0.2) is 5.58 Å². The minimum absolute atomic E-state index is 0.126. The molecule has 2 aliphatic rings. The Balaban J connectivity index is 1.29. The van der Waals surface area contributed by atoms with E-state index in [1.54, 1.807) is 7.11 Å². The number of oxazole rings is 1. The maximum Gasteiger partial charge on any atom is 0.298 e. The average Bonchev–Trinajstić information content (AvgIpc) is 3.23. The van der Waals surface area contributed by atoms with Crippen LogP contribution >= 0.6 is 0 Å². The predicted molar refractivity (Wildman–Crippen MR) is 118 cm³/mol. The lowest BCUT2D eigenvalue weighted by Crippen LogP contribution is -2.51. The number of hydrogen-bond acceptors (Lipinski definition) is 6. The van der Waals surface area contributed by atoms with Crippen molar-refractivity contribution in [2.24, 2.45) is 5.92 Å². The number of carbonyl (C=O) groups excluding carboxylic acids is 1. The lowest BCUT2D eigenvalue weighted by Gasteiger charge is -2.42. The fourth-order valence-corrected chi connectivity index (χ4v) is 4.83. The van der Waals surface area contributed by atoms with E-state index in [9.17, 15) is 4.79 Å². The van der Waals surface area contributed by atoms with E-state index in [0.717, 1.165) is 81.9 Å². The number of benzene rings is 1. The molecule has 7 heteroatoms. The van der Waals surface area contributed by atoms with E-state index >= 15 is 0 Å². The number of likely N-dealkylation sites (tertiary alicyclic amines) is 1. The second-order valence-corrected chi connectivity index (χ2v) is 8.62. The third-order valence-electron chi connectivity index (χ3n) is 6.55. The van der Waals surface area contributed by atoms with Gasteiger partial charge in [0.05, 0.1) is 5.92 Å². The lowest BCUT2D eigenvalue weighted by molar-refractivity contribution is -0.136. The first-order chi connectivity index (χ1) is 14.7. The molecule has 1 amide bonds. The first kappa shape index (κ1) is 21.1. The van der Waals surface area contributed by atoms with Crippen LogP contribution in [0.25, 0.3) is 11.1 Å². The van der Waals surface area contributed by atoms with Crippen LogP contribution in [0.15, 0.2) is 28.7 Å². The molecule has 0 bridgehead atoms. The molecule has 1 aromatic carbocycles. The molecule has 2 aliphatic heterocycles. The number of carbonyl (C=O) groups is 1. The maximum atomic E-state index is 12.9. The Labute approximate surface area is 179 Å². The Hall–Kier alpha value is -2.12. The topological polar surface area (TPSA) is 62.1 Å². The standard InChI is InChI=1S/C23H34N4O3/c1-25(12-6-16-29-2)22(28)18-7-5-13-27(17-18)19-10-14-26(15-11-19)23-24-20-8-3-4-9-21(20)30-23/h3-4,8-9,18-19H,5-7,10-17H2,1-2H3. The van der Waals surface area contributed by atoms with Crippen LogP contribution in [0.3, 0.4) is 0 Å². The number of aromatic nitrogens is 1. The average molecular weight is 415 g/mol. The molecule has 3 heterocycles. The summed E-state index contributed by atoms with van der Waals surface area (Å²) in [5.41, 5.74) is 1.77. The Morgan fingerprint density at radius 1 is 1.23 bits per heavy atom. The number of amides is 1. The summed E-state index contributed by atoms with van der Waals surface area (Å²) in [4.78, 5) is 24.2. The summed E-state index contributed by atoms with van der Waals surface area (Å²) >= 11 is 0. The number of para-hydroxylation sites is 2. The Kier molecular flexibility index (Phi) is 6.89. The van der Waals surface area contributed by atoms with E-state index < -0.39 is 0 Å². The molecule has 1 unspecified atom stereocenters. The molecule has 164 valence electrons. The SMILES string of the molecule is COCCCN(C)C(=O)C1CCCN(C2CCN(c3nc4ccccc4o3)CC2)C1. The van der Waals surface area contributed by atoms with Crippen LogP contribution in [-0.4, -0.2) is 80.2 Å². The van der Waals surface area contributed by atoms with Gasteiger partial charge in [-0.3, -0.25) is 9.69 Å². The van der Waals surface area contributed by atoms with Gasteiger partial charge < -0.3 is 19.0 Å². The van der Waals surface area contributed by atoms with Crippen molar-refractivity contribution in [2.75, 3.05) is 58.4 Å². The van der Waals surface area contributed by atoms with Gasteiger partial charge in [-0.05, 0) is 50.8 Å². The molecule has 2 aromatic rings. The van der Waals surface area contributed by atoms with Crippen LogP contribution in [0.4, 0.5) is 6.01 Å². The van der Waals surface area contributed by atoms with Gasteiger partial charge in [-0.15, -0.1) is 0 Å². The van der Waals surface area contributed by atoms with Crippen molar-refractivity contribution in [3.63, 3.8) is 0 Å². The van der Waals surface area contributed by atoms with E-state index in [1.807, 2.05) is 36.2 Å². The number of nitrogens with zero attached hydrogens (tertiary/aromatic N) is 4. The van der Waals surface area contributed by atoms with Crippen LogP contribution in [0, 0.1) is 5.92 Å². The summed E-state index contributed by atoms with van der Waals surface area (Å²) in [6, 6.07) is 9.21. The zero-order chi connectivity index (χ0) is 20.9. The van der Waals surface area contributed by atoms with Crippen LogP contribution in [-0.2, 0) is 9.53 Å². The van der Waals surface area contributed by atoms with Gasteiger partial charge in [0.1, 0.15) is 5.52 Å². The molecule has 1 atom stereocenters. The zero-order valence-corrected chi connectivity index (χ0v) is 18.3. The van der Waals surface area contributed by atoms with Crippen molar-refractivity contribution < 1.29 is 13.9 Å². The molecule has 2 saturated heterocycles. The molecule has 1 aromatic heterocycles. The second kappa shape index (κ2) is 9.79. The minimum atomic E-state index is 0.126. The molecule has 30 heavy (non-hydrogen) atoms. The minimum Gasteiger partial charge on any atom is -0.423 e. The molecule has 0 saturated carbocycles. The summed E-state index contributed by atoms with van der Waals surface area (Å²) in [6.07, 6.45) is 5.18. The van der Waals surface area contributed by atoms with Gasteiger partial charge in [0.2, 0.25) is 5.91 Å². The van der Waals surface area contributed by atoms with Crippen molar-refractivity contribution in [3.05, 3.63) is 24.3 Å². The molecule has 0 N–H and O–H groups in total. The largest absolute Gasteiger partial charge is 0.423 e. The highest BCUT2D eigenvalue weighted by atomic mass is 16.5. The number of ether oxygens (including phenoxy) is 1. The van der Waals surface area contributed by atoms with E-state index in [4.69, 9.17) is 9.15 Å². The molecular formula is C23H34N4O3. The quantitative estimate of drug-likeness (QED) is 0.649. The van der Waals surface area contributed by atoms with Gasteiger partial charge in [0, 0.05) is 53.0 Å². The van der Waals surface area contributed by atoms with E-state index in [1.165, 1.54) is 0 Å². The third-order valence-corrected chi connectivity index (χ3v) is 6.55. The van der Waals surface area contributed by atoms with Crippen molar-refractivity contribution >= 4 is 23.0 Å². The van der Waals surface area contributed by atoms with Gasteiger partial charge in [-0.2, -0.15) is 4.98 Å². The van der Waals surface area contributed by atoms with Gasteiger partial charge in [-0.1, -0.05) is 12.1 Å². The predicted octanol–water partition coefficient (Wildman–Crippen LogP) is 3.00. The molecule has 0 aliphatic carbocycles. The number of anilines is 1. The second-order valence-electron chi connectivity index (χ2n) is 8.62. The molecular weight excluding hydrogens is 380 g/mol. The number of fused-ring (bicyclic) bond motifs is 1. The Morgan fingerprint density at radius 3 is 2.80 bits per heavy atom. The summed E-state index contributed by atoms with van der Waals surface area (Å²) in [7, 11) is 3.63. The van der Waals surface area contributed by atoms with Crippen LogP contribution in [0.2, 0.25) is 0 Å². The summed E-state index contributed by atoms with van der Waals surface area (Å²) in [5, 5.41) is 0. The van der Waals surface area contributed by atoms with Crippen molar-refractivity contribution in [1.82, 2.24) is 14.8 Å². The van der Waals surface area contributed by atoms with Crippen LogP contribution in [0.5, 0.6) is 0 Å². The molecule has 4 rings (SSSR count). The highest BCUT2D eigenvalue weighted by Crippen LogP contribution is 2.28. The van der Waals surface area contributed by atoms with Crippen molar-refractivity contribution in [2.45, 2.75) is 38.1 Å². The van der Waals surface area contributed by atoms with Gasteiger partial charge >= 0.3 is 0 Å². The van der Waals surface area contributed by atoms with E-state index in [-0.39, 0.29) is 5.92 Å². The molecule has 0 spiro atoms. The van der Waals surface area contributed by atoms with Crippen molar-refractivity contribution in [1.29, 1.82) is 0 Å². The molecule has 0 radical (unpaired) electrons. The highest BCUT2D eigenvalue weighted by Gasteiger charge is 2.33. The number of hydrogen-bond donors (Lipinski definition) is 0. The maximum absolute atomic E-state index is 12.9. The van der Waals surface area contributed by atoms with E-state index in [2.05, 4.69) is 14.8 Å². The molecule has 7 nitrogen and oxygen atoms in total. The van der Waals surface area contributed by atoms with Gasteiger partial charge in [0.25, 0.3) is 6.01 Å². The van der Waals surface area contributed by atoms with E-state index in [0.29, 0.717) is 18.6 Å².